The van der Waals surface area contributed by atoms with Gasteiger partial charge in [-0.3, -0.25) is 0 Å². The minimum atomic E-state index is -1.08. The van der Waals surface area contributed by atoms with Crippen molar-refractivity contribution in [1.29, 1.82) is 0 Å². The van der Waals surface area contributed by atoms with Crippen LogP contribution in [-0.4, -0.2) is 31.7 Å². The number of aryl methyl sites for hydroxylation is 1. The van der Waals surface area contributed by atoms with Crippen LogP contribution in [-0.2, 0) is 17.8 Å². The topological polar surface area (TPSA) is 92.4 Å². The van der Waals surface area contributed by atoms with E-state index in [0.717, 1.165) is 36.3 Å². The van der Waals surface area contributed by atoms with Gasteiger partial charge in [-0.1, -0.05) is 37.1 Å². The van der Waals surface area contributed by atoms with Crippen molar-refractivity contribution in [2.45, 2.75) is 39.7 Å². The largest absolute Gasteiger partial charge is 0.478 e. The van der Waals surface area contributed by atoms with Crippen molar-refractivity contribution in [2.75, 3.05) is 0 Å². The number of aliphatic carboxylic acids is 1. The molecule has 3 rings (SSSR count). The lowest BCUT2D eigenvalue weighted by molar-refractivity contribution is -0.130. The van der Waals surface area contributed by atoms with E-state index in [1.807, 2.05) is 16.0 Å². The molecule has 3 aromatic rings. The number of rotatable bonds is 9. The maximum absolute atomic E-state index is 12.1. The maximum Gasteiger partial charge on any atom is 0.337 e. The summed E-state index contributed by atoms with van der Waals surface area (Å²) in [6.45, 7) is 4.30. The van der Waals surface area contributed by atoms with E-state index in [-0.39, 0.29) is 16.2 Å². The summed E-state index contributed by atoms with van der Waals surface area (Å²) >= 11 is 7.54. The minimum absolute atomic E-state index is 0.0458. The third kappa shape index (κ3) is 5.06. The smallest absolute Gasteiger partial charge is 0.337 e. The highest BCUT2D eigenvalue weighted by molar-refractivity contribution is 7.11. The van der Waals surface area contributed by atoms with Crippen molar-refractivity contribution < 1.29 is 19.8 Å². The van der Waals surface area contributed by atoms with E-state index in [2.05, 4.69) is 11.9 Å². The van der Waals surface area contributed by atoms with Crippen molar-refractivity contribution in [3.63, 3.8) is 0 Å². The zero-order valence-corrected chi connectivity index (χ0v) is 18.8. The van der Waals surface area contributed by atoms with Crippen molar-refractivity contribution >= 4 is 46.0 Å². The molecule has 0 fully saturated rings. The van der Waals surface area contributed by atoms with Crippen LogP contribution >= 0.6 is 22.9 Å². The normalized spacial score (nSPS) is 12.0. The Hall–Kier alpha value is -2.90. The minimum Gasteiger partial charge on any atom is -0.478 e. The van der Waals surface area contributed by atoms with E-state index in [1.165, 1.54) is 17.4 Å². The number of carboxylic acid groups (broad SMARTS) is 2. The number of unbranched alkanes of at least 4 members (excludes halogenated alkanes) is 1. The summed E-state index contributed by atoms with van der Waals surface area (Å²) in [5, 5.41) is 21.1. The molecule has 0 saturated heterocycles. The molecule has 0 atom stereocenters. The SMILES string of the molecule is CCCCc1ncc(/C(C)=C(\C(=O)O)c2cccs2)n1Cc1ccc(C(=O)O)c(Cl)c1. The highest BCUT2D eigenvalue weighted by Gasteiger charge is 2.21. The lowest BCUT2D eigenvalue weighted by Gasteiger charge is -2.15. The van der Waals surface area contributed by atoms with Crippen LogP contribution in [0.1, 0.15) is 59.0 Å². The first-order valence-corrected chi connectivity index (χ1v) is 11.1. The van der Waals surface area contributed by atoms with Gasteiger partial charge in [0.25, 0.3) is 0 Å². The van der Waals surface area contributed by atoms with E-state index < -0.39 is 11.9 Å². The second-order valence-corrected chi connectivity index (χ2v) is 8.51. The molecule has 0 unspecified atom stereocenters. The maximum atomic E-state index is 12.1. The average molecular weight is 459 g/mol. The van der Waals surface area contributed by atoms with Gasteiger partial charge in [0, 0.05) is 17.8 Å². The number of thiophene rings is 1. The van der Waals surface area contributed by atoms with Crippen molar-refractivity contribution in [1.82, 2.24) is 9.55 Å². The second kappa shape index (κ2) is 9.94. The molecule has 0 aliphatic heterocycles. The van der Waals surface area contributed by atoms with Gasteiger partial charge in [0.2, 0.25) is 0 Å². The molecule has 0 aliphatic carbocycles. The molecule has 6 nitrogen and oxygen atoms in total. The Bertz CT molecular complexity index is 1130. The monoisotopic (exact) mass is 458 g/mol. The number of imidazole rings is 1. The van der Waals surface area contributed by atoms with Crippen LogP contribution in [0, 0.1) is 0 Å². The van der Waals surface area contributed by atoms with E-state index in [4.69, 9.17) is 11.6 Å². The number of nitrogens with zero attached hydrogens (tertiary/aromatic N) is 2. The fourth-order valence-electron chi connectivity index (χ4n) is 3.44. The molecule has 0 spiro atoms. The summed E-state index contributed by atoms with van der Waals surface area (Å²) in [5.74, 6) is -1.22. The summed E-state index contributed by atoms with van der Waals surface area (Å²) in [6.07, 6.45) is 4.43. The zero-order chi connectivity index (χ0) is 22.5. The predicted octanol–water partition coefficient (Wildman–Crippen LogP) is 5.70. The van der Waals surface area contributed by atoms with Gasteiger partial charge in [0.15, 0.2) is 0 Å². The van der Waals surface area contributed by atoms with Gasteiger partial charge in [-0.15, -0.1) is 11.3 Å². The lowest BCUT2D eigenvalue weighted by atomic mass is 10.0. The molecule has 0 amide bonds. The molecule has 0 radical (unpaired) electrons. The third-order valence-electron chi connectivity index (χ3n) is 5.04. The van der Waals surface area contributed by atoms with Crippen molar-refractivity contribution in [3.8, 4) is 0 Å². The van der Waals surface area contributed by atoms with Crippen LogP contribution in [0.3, 0.4) is 0 Å². The molecular weight excluding hydrogens is 436 g/mol. The van der Waals surface area contributed by atoms with Gasteiger partial charge in [-0.05, 0) is 48.1 Å². The van der Waals surface area contributed by atoms with Gasteiger partial charge < -0.3 is 14.8 Å². The van der Waals surface area contributed by atoms with Crippen LogP contribution in [0.4, 0.5) is 0 Å². The molecule has 31 heavy (non-hydrogen) atoms. The van der Waals surface area contributed by atoms with Gasteiger partial charge in [0.1, 0.15) is 5.82 Å². The van der Waals surface area contributed by atoms with E-state index in [0.29, 0.717) is 17.0 Å². The van der Waals surface area contributed by atoms with Gasteiger partial charge in [-0.2, -0.15) is 0 Å². The average Bonchev–Trinajstić information content (AvgIpc) is 3.36. The Balaban J connectivity index is 2.09. The highest BCUT2D eigenvalue weighted by Crippen LogP contribution is 2.31. The molecule has 0 bridgehead atoms. The van der Waals surface area contributed by atoms with Crippen molar-refractivity contribution in [2.24, 2.45) is 0 Å². The summed E-state index contributed by atoms with van der Waals surface area (Å²) < 4.78 is 1.99. The molecule has 2 heterocycles. The molecule has 8 heteroatoms. The predicted molar refractivity (Wildman–Crippen MR) is 123 cm³/mol. The van der Waals surface area contributed by atoms with Crippen LogP contribution in [0.25, 0.3) is 11.1 Å². The highest BCUT2D eigenvalue weighted by atomic mass is 35.5. The molecule has 2 N–H and O–H groups in total. The zero-order valence-electron chi connectivity index (χ0n) is 17.3. The first kappa shape index (κ1) is 22.8. The number of allylic oxidation sites excluding steroid dienone is 1. The summed E-state index contributed by atoms with van der Waals surface area (Å²) in [7, 11) is 0. The fraction of sp³-hybridized carbons (Fsp3) is 0.261. The van der Waals surface area contributed by atoms with Crippen LogP contribution in [0.2, 0.25) is 5.02 Å². The number of carboxylic acids is 2. The summed E-state index contributed by atoms with van der Waals surface area (Å²) in [6, 6.07) is 8.46. The Morgan fingerprint density at radius 3 is 2.58 bits per heavy atom. The first-order valence-electron chi connectivity index (χ1n) is 9.88. The number of hydrogen-bond acceptors (Lipinski definition) is 4. The summed E-state index contributed by atoms with van der Waals surface area (Å²) in [5.41, 5.74) is 2.45. The molecule has 0 aliphatic rings. The van der Waals surface area contributed by atoms with Gasteiger partial charge in [0.05, 0.1) is 28.0 Å². The standard InChI is InChI=1S/C23H23ClN2O4S/c1-3-4-7-20-25-12-18(14(2)21(23(29)30)19-6-5-10-31-19)26(20)13-15-8-9-16(22(27)28)17(24)11-15/h5-6,8-12H,3-4,7,13H2,1-2H3,(H,27,28)(H,29,30)/b21-14-. The van der Waals surface area contributed by atoms with E-state index in [9.17, 15) is 19.8 Å². The Morgan fingerprint density at radius 1 is 1.23 bits per heavy atom. The fourth-order valence-corrected chi connectivity index (χ4v) is 4.54. The quantitative estimate of drug-likeness (QED) is 0.401. The summed E-state index contributed by atoms with van der Waals surface area (Å²) in [4.78, 5) is 28.6. The Morgan fingerprint density at radius 2 is 2.00 bits per heavy atom. The lowest BCUT2D eigenvalue weighted by Crippen LogP contribution is -2.11. The van der Waals surface area contributed by atoms with Crippen LogP contribution in [0.5, 0.6) is 0 Å². The Kier molecular flexibility index (Phi) is 7.30. The van der Waals surface area contributed by atoms with Gasteiger partial charge in [-0.25, -0.2) is 14.6 Å². The van der Waals surface area contributed by atoms with Gasteiger partial charge >= 0.3 is 11.9 Å². The molecule has 0 saturated carbocycles. The molecule has 2 aromatic heterocycles. The number of carbonyl (C=O) groups is 2. The number of aromatic nitrogens is 2. The van der Waals surface area contributed by atoms with Crippen LogP contribution in [0.15, 0.2) is 41.9 Å². The number of halogens is 1. The molecule has 1 aromatic carbocycles. The number of hydrogen-bond donors (Lipinski definition) is 2. The molecule has 162 valence electrons. The number of benzene rings is 1. The van der Waals surface area contributed by atoms with Crippen LogP contribution < -0.4 is 0 Å². The van der Waals surface area contributed by atoms with E-state index in [1.54, 1.807) is 31.3 Å². The Labute approximate surface area is 189 Å². The third-order valence-corrected chi connectivity index (χ3v) is 6.24. The number of aromatic carboxylic acids is 1. The van der Waals surface area contributed by atoms with E-state index >= 15 is 0 Å². The first-order chi connectivity index (χ1) is 14.8. The molecular formula is C23H23ClN2O4S. The second-order valence-electron chi connectivity index (χ2n) is 7.15. The van der Waals surface area contributed by atoms with Crippen molar-refractivity contribution in [3.05, 3.63) is 74.5 Å².